The molecule has 40 heavy (non-hydrogen) atoms. The number of hydrogen-bond donors (Lipinski definition) is 3. The molecule has 8 atom stereocenters. The third kappa shape index (κ3) is 5.24. The van der Waals surface area contributed by atoms with Gasteiger partial charge in [0.1, 0.15) is 0 Å². The van der Waals surface area contributed by atoms with E-state index in [0.29, 0.717) is 55.5 Å². The molecule has 222 valence electrons. The number of nitrogens with two attached hydrogens (primary N) is 1. The number of likely N-dealkylation sites (N-methyl/N-ethyl adjacent to an activating group) is 1. The first kappa shape index (κ1) is 29.2. The van der Waals surface area contributed by atoms with Gasteiger partial charge in [-0.3, -0.25) is 14.4 Å². The maximum atomic E-state index is 13.1. The van der Waals surface area contributed by atoms with Gasteiger partial charge in [-0.25, -0.2) is 4.79 Å². The molecule has 5 rings (SSSR count). The van der Waals surface area contributed by atoms with E-state index in [4.69, 9.17) is 10.6 Å². The Kier molecular flexibility index (Phi) is 8.44. The molecule has 1 saturated heterocycles. The van der Waals surface area contributed by atoms with E-state index in [1.807, 2.05) is 13.0 Å². The second kappa shape index (κ2) is 11.6. The summed E-state index contributed by atoms with van der Waals surface area (Å²) in [6, 6.07) is -0.210. The van der Waals surface area contributed by atoms with E-state index in [-0.39, 0.29) is 28.8 Å². The summed E-state index contributed by atoms with van der Waals surface area (Å²) in [5.74, 6) is 2.57. The minimum absolute atomic E-state index is 0.0196. The molecular formula is C31H49N5O4. The van der Waals surface area contributed by atoms with Crippen molar-refractivity contribution in [3.8, 4) is 0 Å². The Morgan fingerprint density at radius 1 is 1.12 bits per heavy atom. The maximum absolute atomic E-state index is 13.1. The van der Waals surface area contributed by atoms with Gasteiger partial charge in [-0.05, 0) is 99.4 Å². The monoisotopic (exact) mass is 555 g/mol. The summed E-state index contributed by atoms with van der Waals surface area (Å²) in [6.07, 6.45) is 11.6. The van der Waals surface area contributed by atoms with E-state index in [2.05, 4.69) is 29.6 Å². The van der Waals surface area contributed by atoms with Gasteiger partial charge < -0.3 is 21.3 Å². The molecule has 4 aliphatic carbocycles. The summed E-state index contributed by atoms with van der Waals surface area (Å²) < 4.78 is 0. The Labute approximate surface area is 239 Å². The molecule has 0 aromatic heterocycles. The highest BCUT2D eigenvalue weighted by molar-refractivity contribution is 5.91. The number of fused-ring (bicyclic) bond motifs is 5. The average Bonchev–Trinajstić information content (AvgIpc) is 3.55. The summed E-state index contributed by atoms with van der Waals surface area (Å²) in [5.41, 5.74) is 8.46. The molecule has 0 aromatic carbocycles. The lowest BCUT2D eigenvalue weighted by atomic mass is 9.46. The Hall–Kier alpha value is -2.26. The first-order valence-electron chi connectivity index (χ1n) is 15.5. The van der Waals surface area contributed by atoms with Gasteiger partial charge in [0.15, 0.2) is 5.78 Å². The quantitative estimate of drug-likeness (QED) is 0.249. The number of ketones is 1. The Balaban J connectivity index is 1.22. The van der Waals surface area contributed by atoms with Crippen LogP contribution in [-0.4, -0.2) is 67.2 Å². The predicted molar refractivity (Wildman–Crippen MR) is 154 cm³/mol. The van der Waals surface area contributed by atoms with Crippen LogP contribution in [0.1, 0.15) is 85.0 Å². The average molecular weight is 556 g/mol. The van der Waals surface area contributed by atoms with Gasteiger partial charge in [0.05, 0.1) is 11.8 Å². The van der Waals surface area contributed by atoms with Crippen LogP contribution in [0.3, 0.4) is 0 Å². The second-order valence-corrected chi connectivity index (χ2v) is 13.6. The predicted octanol–water partition coefficient (Wildman–Crippen LogP) is 3.77. The molecule has 3 saturated carbocycles. The van der Waals surface area contributed by atoms with Crippen molar-refractivity contribution in [3.63, 3.8) is 0 Å². The smallest absolute Gasteiger partial charge is 0.358 e. The number of nitrogens with one attached hydrogen (secondary N) is 2. The molecule has 2 amide bonds. The van der Waals surface area contributed by atoms with E-state index in [9.17, 15) is 14.4 Å². The van der Waals surface area contributed by atoms with Crippen molar-refractivity contribution in [1.29, 1.82) is 0 Å². The SMILES string of the molecule is CNC(=O)C1CCC(CN(CCN)C(=O)O/N=C(\C)[C@H]2CC[C@H]3[C@@H]4CCC5=CC(=O)CC[C@]5(C)[C@H]4CC[C@]23C)N1. The Bertz CT molecular complexity index is 1070. The fourth-order valence-corrected chi connectivity index (χ4v) is 9.50. The zero-order chi connectivity index (χ0) is 28.7. The van der Waals surface area contributed by atoms with E-state index in [1.165, 1.54) is 24.8 Å². The number of oxime groups is 1. The third-order valence-corrected chi connectivity index (χ3v) is 11.6. The maximum Gasteiger partial charge on any atom is 0.436 e. The van der Waals surface area contributed by atoms with Crippen LogP contribution in [0.15, 0.2) is 16.8 Å². The molecule has 4 N–H and O–H groups in total. The first-order chi connectivity index (χ1) is 19.1. The summed E-state index contributed by atoms with van der Waals surface area (Å²) >= 11 is 0. The molecule has 0 spiro atoms. The summed E-state index contributed by atoms with van der Waals surface area (Å²) in [4.78, 5) is 44.3. The minimum atomic E-state index is -0.482. The topological polar surface area (TPSA) is 126 Å². The standard InChI is InChI=1S/C31H49N5O4/c1-19(35-40-29(39)36(16-15-32)18-21-6-10-27(34-21)28(38)33-4)24-8-9-25-23-7-5-20-17-22(37)11-13-30(20,2)26(23)12-14-31(24,25)3/h17,21,23-27,34H,5-16,18,32H2,1-4H3,(H,33,38)/b35-19+/t21?,23-,24+,25-,26-,27?,30-,31+/m0/s1. The van der Waals surface area contributed by atoms with E-state index in [1.54, 1.807) is 11.9 Å². The van der Waals surface area contributed by atoms with E-state index >= 15 is 0 Å². The summed E-state index contributed by atoms with van der Waals surface area (Å²) in [6.45, 7) is 8.04. The first-order valence-corrected chi connectivity index (χ1v) is 15.5. The van der Waals surface area contributed by atoms with Crippen LogP contribution in [0.2, 0.25) is 0 Å². The van der Waals surface area contributed by atoms with Crippen LogP contribution in [0, 0.1) is 34.5 Å². The number of carbonyl (C=O) groups excluding carboxylic acids is 3. The van der Waals surface area contributed by atoms with Crippen LogP contribution in [0.25, 0.3) is 0 Å². The van der Waals surface area contributed by atoms with Crippen molar-refractivity contribution in [3.05, 3.63) is 11.6 Å². The molecule has 0 radical (unpaired) electrons. The van der Waals surface area contributed by atoms with E-state index < -0.39 is 6.09 Å². The molecule has 5 aliphatic rings. The molecule has 9 nitrogen and oxygen atoms in total. The highest BCUT2D eigenvalue weighted by atomic mass is 16.7. The van der Waals surface area contributed by atoms with Crippen molar-refractivity contribution < 1.29 is 19.2 Å². The van der Waals surface area contributed by atoms with Gasteiger partial charge in [0.2, 0.25) is 5.91 Å². The Morgan fingerprint density at radius 3 is 2.67 bits per heavy atom. The molecule has 9 heteroatoms. The highest BCUT2D eigenvalue weighted by Crippen LogP contribution is 2.66. The third-order valence-electron chi connectivity index (χ3n) is 11.6. The van der Waals surface area contributed by atoms with Crippen molar-refractivity contribution in [2.75, 3.05) is 26.7 Å². The largest absolute Gasteiger partial charge is 0.436 e. The van der Waals surface area contributed by atoms with Crippen molar-refractivity contribution in [1.82, 2.24) is 15.5 Å². The van der Waals surface area contributed by atoms with Crippen molar-refractivity contribution in [2.24, 2.45) is 45.4 Å². The van der Waals surface area contributed by atoms with Gasteiger partial charge in [-0.1, -0.05) is 24.6 Å². The molecule has 0 bridgehead atoms. The summed E-state index contributed by atoms with van der Waals surface area (Å²) in [5, 5.41) is 10.4. The van der Waals surface area contributed by atoms with Crippen LogP contribution in [0.5, 0.6) is 0 Å². The van der Waals surface area contributed by atoms with Crippen LogP contribution >= 0.6 is 0 Å². The van der Waals surface area contributed by atoms with Gasteiger partial charge in [0.25, 0.3) is 0 Å². The highest BCUT2D eigenvalue weighted by Gasteiger charge is 2.59. The lowest BCUT2D eigenvalue weighted by molar-refractivity contribution is -0.122. The lowest BCUT2D eigenvalue weighted by Gasteiger charge is -2.58. The zero-order valence-electron chi connectivity index (χ0n) is 24.8. The van der Waals surface area contributed by atoms with Gasteiger partial charge >= 0.3 is 6.09 Å². The molecule has 1 heterocycles. The summed E-state index contributed by atoms with van der Waals surface area (Å²) in [7, 11) is 1.64. The van der Waals surface area contributed by atoms with Crippen molar-refractivity contribution in [2.45, 2.75) is 97.1 Å². The lowest BCUT2D eigenvalue weighted by Crippen LogP contribution is -2.51. The van der Waals surface area contributed by atoms with Crippen LogP contribution < -0.4 is 16.4 Å². The molecule has 1 aliphatic heterocycles. The van der Waals surface area contributed by atoms with Crippen molar-refractivity contribution >= 4 is 23.5 Å². The van der Waals surface area contributed by atoms with E-state index in [0.717, 1.165) is 44.2 Å². The number of carbonyl (C=O) groups is 3. The fourth-order valence-electron chi connectivity index (χ4n) is 9.50. The molecule has 4 fully saturated rings. The Morgan fingerprint density at radius 2 is 1.93 bits per heavy atom. The minimum Gasteiger partial charge on any atom is -0.358 e. The normalized spacial score (nSPS) is 39.1. The van der Waals surface area contributed by atoms with Gasteiger partial charge in [-0.2, -0.15) is 0 Å². The van der Waals surface area contributed by atoms with Gasteiger partial charge in [-0.15, -0.1) is 0 Å². The molecule has 0 aromatic rings. The second-order valence-electron chi connectivity index (χ2n) is 13.6. The number of rotatable bonds is 7. The number of nitrogens with zero attached hydrogens (tertiary/aromatic N) is 2. The van der Waals surface area contributed by atoms with Crippen LogP contribution in [0.4, 0.5) is 4.79 Å². The van der Waals surface area contributed by atoms with Gasteiger partial charge in [0, 0.05) is 45.1 Å². The fraction of sp³-hybridized carbons (Fsp3) is 0.806. The number of hydrogen-bond acceptors (Lipinski definition) is 7. The molecular weight excluding hydrogens is 506 g/mol. The zero-order valence-corrected chi connectivity index (χ0v) is 24.8. The number of allylic oxidation sites excluding steroid dienone is 1. The number of amides is 2. The van der Waals surface area contributed by atoms with Crippen LogP contribution in [-0.2, 0) is 14.4 Å². The molecule has 2 unspecified atom stereocenters.